The highest BCUT2D eigenvalue weighted by Crippen LogP contribution is 2.29. The molecule has 14 heteroatoms. The number of hydrogen-bond acceptors (Lipinski definition) is 14. The van der Waals surface area contributed by atoms with Gasteiger partial charge in [0.05, 0.1) is 32.5 Å². The van der Waals surface area contributed by atoms with Crippen LogP contribution in [0.2, 0.25) is 0 Å². The van der Waals surface area contributed by atoms with Gasteiger partial charge in [0.1, 0.15) is 30.2 Å². The van der Waals surface area contributed by atoms with Crippen molar-refractivity contribution in [1.82, 2.24) is 10.6 Å². The number of nitrogens with two attached hydrogens (primary N) is 3. The fraction of sp³-hybridized carbons (Fsp3) is 0.917. The first-order chi connectivity index (χ1) is 18.3. The zero-order valence-corrected chi connectivity index (χ0v) is 22.7. The lowest BCUT2D eigenvalue weighted by molar-refractivity contribution is -0.269. The molecule has 2 rings (SSSR count). The van der Waals surface area contributed by atoms with Crippen LogP contribution in [-0.4, -0.2) is 134 Å². The fourth-order valence-electron chi connectivity index (χ4n) is 4.26. The van der Waals surface area contributed by atoms with Gasteiger partial charge >= 0.3 is 0 Å². The third-order valence-electron chi connectivity index (χ3n) is 6.26. The first-order valence-electron chi connectivity index (χ1n) is 13.4. The zero-order chi connectivity index (χ0) is 28.5. The molecule has 38 heavy (non-hydrogen) atoms. The van der Waals surface area contributed by atoms with Gasteiger partial charge in [0.15, 0.2) is 12.6 Å². The molecule has 226 valence electrons. The third-order valence-corrected chi connectivity index (χ3v) is 6.26. The molecule has 1 heterocycles. The highest BCUT2D eigenvalue weighted by atomic mass is 16.7. The minimum Gasteiger partial charge on any atom is -0.468 e. The first-order valence-corrected chi connectivity index (χ1v) is 13.4. The number of hydrogen-bond donors (Lipinski definition) is 10. The number of allylic oxidation sites excluding steroid dienone is 1. The molecule has 9 atom stereocenters. The zero-order valence-electron chi connectivity index (χ0n) is 22.7. The van der Waals surface area contributed by atoms with E-state index < -0.39 is 55.2 Å². The average molecular weight is 554 g/mol. The number of nitrogens with one attached hydrogen (secondary N) is 2. The summed E-state index contributed by atoms with van der Waals surface area (Å²) in [5, 5.41) is 56.0. The first kappa shape index (κ1) is 35.0. The summed E-state index contributed by atoms with van der Waals surface area (Å²) in [6, 6.07) is -1.07. The van der Waals surface area contributed by atoms with Crippen LogP contribution in [0.15, 0.2) is 11.8 Å². The van der Waals surface area contributed by atoms with Crippen LogP contribution in [0.3, 0.4) is 0 Å². The second-order valence-electron chi connectivity index (χ2n) is 9.13. The van der Waals surface area contributed by atoms with Crippen molar-refractivity contribution >= 4 is 0 Å². The van der Waals surface area contributed by atoms with E-state index in [1.807, 2.05) is 6.08 Å². The van der Waals surface area contributed by atoms with Crippen molar-refractivity contribution in [3.8, 4) is 0 Å². The molecule has 0 bridgehead atoms. The Balaban J connectivity index is 0.00000352. The molecule has 2 aliphatic rings. The average Bonchev–Trinajstić information content (AvgIpc) is 2.94. The Kier molecular flexibility index (Phi) is 18.4. The van der Waals surface area contributed by atoms with Gasteiger partial charge in [0.25, 0.3) is 0 Å². The van der Waals surface area contributed by atoms with Gasteiger partial charge in [-0.3, -0.25) is 0 Å². The molecule has 1 aliphatic heterocycles. The Hall–Kier alpha value is -0.980. The van der Waals surface area contributed by atoms with Crippen LogP contribution in [0.4, 0.5) is 0 Å². The van der Waals surface area contributed by atoms with Crippen LogP contribution in [0.25, 0.3) is 0 Å². The predicted octanol–water partition coefficient (Wildman–Crippen LogP) is -3.59. The molecule has 0 aromatic rings. The van der Waals surface area contributed by atoms with Crippen molar-refractivity contribution in [2.24, 2.45) is 17.2 Å². The lowest BCUT2D eigenvalue weighted by Crippen LogP contribution is -2.65. The van der Waals surface area contributed by atoms with Crippen molar-refractivity contribution in [3.63, 3.8) is 0 Å². The van der Waals surface area contributed by atoms with Crippen LogP contribution in [0.1, 0.15) is 32.6 Å². The van der Waals surface area contributed by atoms with Crippen molar-refractivity contribution in [2.45, 2.75) is 87.8 Å². The number of aliphatic hydroxyl groups excluding tert-OH is 5. The van der Waals surface area contributed by atoms with Gasteiger partial charge in [0.2, 0.25) is 0 Å². The van der Waals surface area contributed by atoms with Gasteiger partial charge in [-0.15, -0.1) is 0 Å². The molecule has 0 amide bonds. The quantitative estimate of drug-likeness (QED) is 0.0619. The van der Waals surface area contributed by atoms with Gasteiger partial charge in [-0.25, -0.2) is 0 Å². The maximum Gasteiger partial charge on any atom is 0.200 e. The molecule has 0 aromatic heterocycles. The molecule has 1 aliphatic carbocycles. The van der Waals surface area contributed by atoms with Crippen LogP contribution in [-0.2, 0) is 18.9 Å². The summed E-state index contributed by atoms with van der Waals surface area (Å²) in [6.07, 6.45) is -2.55. The normalized spacial score (nSPS) is 29.9. The van der Waals surface area contributed by atoms with Crippen molar-refractivity contribution in [3.05, 3.63) is 11.8 Å². The molecular weight excluding hydrogens is 502 g/mol. The van der Waals surface area contributed by atoms with E-state index in [1.165, 1.54) is 7.05 Å². The largest absolute Gasteiger partial charge is 0.468 e. The summed E-state index contributed by atoms with van der Waals surface area (Å²) in [5.74, 6) is 0.685. The Bertz CT molecular complexity index is 636. The Morgan fingerprint density at radius 3 is 2.55 bits per heavy atom. The summed E-state index contributed by atoms with van der Waals surface area (Å²) in [7, 11) is 1.50. The Labute approximate surface area is 225 Å². The maximum absolute atomic E-state index is 11.3. The molecular formula is C24H51N5O9. The molecule has 14 nitrogen and oxygen atoms in total. The molecule has 13 N–H and O–H groups in total. The smallest absolute Gasteiger partial charge is 0.200 e. The van der Waals surface area contributed by atoms with Gasteiger partial charge in [-0.1, -0.05) is 6.92 Å². The second-order valence-corrected chi connectivity index (χ2v) is 9.13. The number of ether oxygens (including phenoxy) is 4. The van der Waals surface area contributed by atoms with E-state index in [0.717, 1.165) is 6.42 Å². The minimum atomic E-state index is -1.21. The van der Waals surface area contributed by atoms with E-state index in [0.29, 0.717) is 38.1 Å². The lowest BCUT2D eigenvalue weighted by Gasteiger charge is -2.46. The molecule has 0 radical (unpaired) electrons. The molecule has 1 saturated carbocycles. The molecule has 0 saturated heterocycles. The monoisotopic (exact) mass is 553 g/mol. The van der Waals surface area contributed by atoms with Crippen molar-refractivity contribution in [1.29, 1.82) is 0 Å². The van der Waals surface area contributed by atoms with Crippen molar-refractivity contribution < 1.29 is 44.5 Å². The third kappa shape index (κ3) is 11.6. The SMILES string of the molecule is CCC(O)C(OCCO)O[C@H]1C(NCC(O)CN)CC(N)[C@@H](O[C@@H]2CCC=C(CNCCO)O2)C1O.CN. The summed E-state index contributed by atoms with van der Waals surface area (Å²) in [4.78, 5) is 0. The molecule has 6 unspecified atom stereocenters. The van der Waals surface area contributed by atoms with E-state index in [9.17, 15) is 15.3 Å². The highest BCUT2D eigenvalue weighted by Gasteiger charge is 2.47. The van der Waals surface area contributed by atoms with Gasteiger partial charge < -0.3 is 72.3 Å². The second kappa shape index (κ2) is 20.0. The number of aliphatic hydroxyl groups is 5. The van der Waals surface area contributed by atoms with E-state index in [4.69, 9.17) is 40.6 Å². The summed E-state index contributed by atoms with van der Waals surface area (Å²) < 4.78 is 23.6. The topological polar surface area (TPSA) is 240 Å². The van der Waals surface area contributed by atoms with Crippen LogP contribution in [0.5, 0.6) is 0 Å². The van der Waals surface area contributed by atoms with Gasteiger partial charge in [0, 0.05) is 38.1 Å². The van der Waals surface area contributed by atoms with E-state index in [1.54, 1.807) is 6.92 Å². The van der Waals surface area contributed by atoms with Gasteiger partial charge in [-0.2, -0.15) is 0 Å². The molecule has 1 fully saturated rings. The molecule has 0 spiro atoms. The van der Waals surface area contributed by atoms with E-state index in [2.05, 4.69) is 16.4 Å². The maximum atomic E-state index is 11.3. The van der Waals surface area contributed by atoms with Crippen LogP contribution >= 0.6 is 0 Å². The summed E-state index contributed by atoms with van der Waals surface area (Å²) in [6.45, 7) is 2.57. The Morgan fingerprint density at radius 1 is 1.18 bits per heavy atom. The van der Waals surface area contributed by atoms with E-state index in [-0.39, 0.29) is 32.9 Å². The van der Waals surface area contributed by atoms with Gasteiger partial charge in [-0.05, 0) is 32.4 Å². The van der Waals surface area contributed by atoms with Crippen LogP contribution in [0, 0.1) is 0 Å². The van der Waals surface area contributed by atoms with E-state index >= 15 is 0 Å². The number of rotatable bonds is 17. The minimum absolute atomic E-state index is 0.0188. The molecule has 0 aromatic carbocycles. The summed E-state index contributed by atoms with van der Waals surface area (Å²) >= 11 is 0. The fourth-order valence-corrected chi connectivity index (χ4v) is 4.26. The van der Waals surface area contributed by atoms with Crippen molar-refractivity contribution in [2.75, 3.05) is 53.0 Å². The highest BCUT2D eigenvalue weighted by molar-refractivity contribution is 5.02. The van der Waals surface area contributed by atoms with Crippen LogP contribution < -0.4 is 27.8 Å². The lowest BCUT2D eigenvalue weighted by atomic mass is 9.83. The Morgan fingerprint density at radius 2 is 1.92 bits per heavy atom. The predicted molar refractivity (Wildman–Crippen MR) is 141 cm³/mol. The standard InChI is InChI=1S/C23H46N4O9.CH5N/c1-2-18(31)23(33-9-8-29)36-22-17(27-12-14(30)11-24)10-16(25)21(20(22)32)35-19-5-3-4-15(34-19)13-26-6-7-28;1-2/h4,14,16-23,26-32H,2-3,5-13,24-25H2,1H3;2H2,1H3/t14?,16?,17?,18?,19-,20?,21-,22+,23?;/m1./s1. The summed E-state index contributed by atoms with van der Waals surface area (Å²) in [5.41, 5.74) is 16.4.